The van der Waals surface area contributed by atoms with Gasteiger partial charge in [-0.15, -0.1) is 0 Å². The average molecular weight is 465 g/mol. The number of hydrogen-bond acceptors (Lipinski definition) is 3. The summed E-state index contributed by atoms with van der Waals surface area (Å²) in [6, 6.07) is 13.9. The number of rotatable bonds is 4. The lowest BCUT2D eigenvalue weighted by atomic mass is 9.62. The number of carbonyl (C=O) groups is 1. The molecule has 1 spiro atoms. The van der Waals surface area contributed by atoms with Gasteiger partial charge >= 0.3 is 6.18 Å². The minimum absolute atomic E-state index is 0.0762. The zero-order valence-electron chi connectivity index (χ0n) is 18.5. The quantitative estimate of drug-likeness (QED) is 0.672. The van der Waals surface area contributed by atoms with Crippen LogP contribution in [0.5, 0.6) is 0 Å². The van der Waals surface area contributed by atoms with Crippen LogP contribution in [-0.4, -0.2) is 50.3 Å². The number of carbonyl (C=O) groups excluding carboxylic acids is 1. The van der Waals surface area contributed by atoms with Gasteiger partial charge in [-0.1, -0.05) is 42.5 Å². The monoisotopic (exact) mass is 464 g/mol. The number of methoxy groups -OCH3 is 1. The molecule has 2 aliphatic heterocycles. The normalized spacial score (nSPS) is 22.7. The molecule has 0 aliphatic carbocycles. The fourth-order valence-electron chi connectivity index (χ4n) is 5.52. The van der Waals surface area contributed by atoms with Crippen molar-refractivity contribution in [3.8, 4) is 0 Å². The van der Waals surface area contributed by atoms with Gasteiger partial charge in [-0.05, 0) is 48.9 Å². The van der Waals surface area contributed by atoms with E-state index in [1.807, 2.05) is 18.2 Å². The Morgan fingerprint density at radius 2 is 1.67 bits per heavy atom. The van der Waals surface area contributed by atoms with E-state index in [9.17, 15) is 22.4 Å². The number of amides is 1. The molecule has 0 saturated carbocycles. The third-order valence-corrected chi connectivity index (χ3v) is 7.39. The number of hydrogen-bond donors (Lipinski definition) is 1. The van der Waals surface area contributed by atoms with Crippen molar-refractivity contribution in [1.29, 1.82) is 0 Å². The summed E-state index contributed by atoms with van der Waals surface area (Å²) in [6.45, 7) is 2.07. The van der Waals surface area contributed by atoms with Crippen LogP contribution in [0.4, 0.5) is 17.6 Å². The molecule has 33 heavy (non-hydrogen) atoms. The SMILES string of the molecule is COC(C(=O)N1CCC2(CCNC[C@H]2c2ccccc2)CC1)(c1ccc(F)cc1)C(F)(F)F. The maximum atomic E-state index is 14.3. The maximum absolute atomic E-state index is 14.3. The van der Waals surface area contributed by atoms with Gasteiger partial charge in [0.2, 0.25) is 0 Å². The van der Waals surface area contributed by atoms with Crippen molar-refractivity contribution in [1.82, 2.24) is 10.2 Å². The van der Waals surface area contributed by atoms with Crippen LogP contribution in [0.3, 0.4) is 0 Å². The first-order chi connectivity index (χ1) is 15.7. The Hall–Kier alpha value is -2.45. The summed E-state index contributed by atoms with van der Waals surface area (Å²) in [5, 5.41) is 3.44. The highest BCUT2D eigenvalue weighted by Crippen LogP contribution is 2.50. The van der Waals surface area contributed by atoms with Crippen molar-refractivity contribution in [2.45, 2.75) is 37.0 Å². The van der Waals surface area contributed by atoms with Crippen molar-refractivity contribution in [2.75, 3.05) is 33.3 Å². The van der Waals surface area contributed by atoms with Crippen molar-refractivity contribution in [2.24, 2.45) is 5.41 Å². The van der Waals surface area contributed by atoms with Gasteiger partial charge < -0.3 is 15.0 Å². The number of nitrogens with zero attached hydrogens (tertiary/aromatic N) is 1. The molecule has 0 aromatic heterocycles. The van der Waals surface area contributed by atoms with Gasteiger partial charge in [0.05, 0.1) is 0 Å². The van der Waals surface area contributed by atoms with Crippen LogP contribution >= 0.6 is 0 Å². The summed E-state index contributed by atoms with van der Waals surface area (Å²) in [5.41, 5.74) is -2.46. The minimum Gasteiger partial charge on any atom is -0.356 e. The Kier molecular flexibility index (Phi) is 6.51. The molecule has 1 amide bonds. The summed E-state index contributed by atoms with van der Waals surface area (Å²) < 4.78 is 61.3. The molecule has 4 nitrogen and oxygen atoms in total. The molecule has 1 N–H and O–H groups in total. The Bertz CT molecular complexity index is 957. The van der Waals surface area contributed by atoms with Crippen LogP contribution < -0.4 is 5.32 Å². The third-order valence-electron chi connectivity index (χ3n) is 7.39. The third kappa shape index (κ3) is 4.15. The Morgan fingerprint density at radius 3 is 2.24 bits per heavy atom. The largest absolute Gasteiger partial charge is 0.430 e. The molecule has 2 fully saturated rings. The molecule has 2 atom stereocenters. The number of alkyl halides is 3. The van der Waals surface area contributed by atoms with Crippen molar-refractivity contribution >= 4 is 5.91 Å². The molecule has 8 heteroatoms. The summed E-state index contributed by atoms with van der Waals surface area (Å²) in [5.74, 6) is -1.60. The molecule has 0 bridgehead atoms. The van der Waals surface area contributed by atoms with E-state index < -0.39 is 29.1 Å². The lowest BCUT2D eigenvalue weighted by Gasteiger charge is -2.50. The minimum atomic E-state index is -5.01. The van der Waals surface area contributed by atoms with Gasteiger partial charge in [0.1, 0.15) is 5.82 Å². The van der Waals surface area contributed by atoms with Gasteiger partial charge in [-0.2, -0.15) is 13.2 Å². The highest BCUT2D eigenvalue weighted by Gasteiger charge is 2.64. The van der Waals surface area contributed by atoms with E-state index in [0.29, 0.717) is 12.8 Å². The van der Waals surface area contributed by atoms with Gasteiger partial charge in [0.15, 0.2) is 0 Å². The average Bonchev–Trinajstić information content (AvgIpc) is 2.81. The smallest absolute Gasteiger partial charge is 0.356 e. The van der Waals surface area contributed by atoms with E-state index in [4.69, 9.17) is 4.74 Å². The molecule has 2 aromatic rings. The predicted octanol–water partition coefficient (Wildman–Crippen LogP) is 4.62. The highest BCUT2D eigenvalue weighted by atomic mass is 19.4. The zero-order valence-corrected chi connectivity index (χ0v) is 18.5. The van der Waals surface area contributed by atoms with Gasteiger partial charge in [-0.3, -0.25) is 4.79 Å². The lowest BCUT2D eigenvalue weighted by molar-refractivity contribution is -0.271. The zero-order chi connectivity index (χ0) is 23.7. The summed E-state index contributed by atoms with van der Waals surface area (Å²) in [4.78, 5) is 14.6. The van der Waals surface area contributed by atoms with Crippen molar-refractivity contribution in [3.63, 3.8) is 0 Å². The Labute approximate surface area is 190 Å². The molecule has 2 aromatic carbocycles. The van der Waals surface area contributed by atoms with Crippen LogP contribution in [0.2, 0.25) is 0 Å². The number of ether oxygens (including phenoxy) is 1. The molecule has 2 saturated heterocycles. The first-order valence-corrected chi connectivity index (χ1v) is 11.2. The van der Waals surface area contributed by atoms with Crippen LogP contribution in [0.15, 0.2) is 54.6 Å². The molecule has 0 radical (unpaired) electrons. The molecule has 1 unspecified atom stereocenters. The number of halogens is 4. The molecular weight excluding hydrogens is 436 g/mol. The highest BCUT2D eigenvalue weighted by molar-refractivity contribution is 5.88. The first kappa shape index (κ1) is 23.7. The van der Waals surface area contributed by atoms with E-state index in [-0.39, 0.29) is 24.4 Å². The molecule has 4 rings (SSSR count). The van der Waals surface area contributed by atoms with Crippen LogP contribution in [0.1, 0.15) is 36.3 Å². The van der Waals surface area contributed by atoms with Crippen LogP contribution in [0, 0.1) is 11.2 Å². The number of piperidine rings is 2. The second kappa shape index (κ2) is 9.06. The Balaban J connectivity index is 1.60. The van der Waals surface area contributed by atoms with Crippen molar-refractivity contribution in [3.05, 3.63) is 71.5 Å². The van der Waals surface area contributed by atoms with Gasteiger partial charge in [0, 0.05) is 38.2 Å². The molecular formula is C25H28F4N2O2. The summed E-state index contributed by atoms with van der Waals surface area (Å²) in [7, 11) is 0.873. The van der Waals surface area contributed by atoms with E-state index >= 15 is 0 Å². The second-order valence-corrected chi connectivity index (χ2v) is 8.96. The van der Waals surface area contributed by atoms with Crippen LogP contribution in [0.25, 0.3) is 0 Å². The number of benzene rings is 2. The first-order valence-electron chi connectivity index (χ1n) is 11.2. The van der Waals surface area contributed by atoms with Gasteiger partial charge in [0.25, 0.3) is 11.5 Å². The van der Waals surface area contributed by atoms with Crippen molar-refractivity contribution < 1.29 is 27.1 Å². The Morgan fingerprint density at radius 1 is 1.03 bits per heavy atom. The number of nitrogens with one attached hydrogen (secondary N) is 1. The standard InChI is InChI=1S/C25H28F4N2O2/c1-33-24(25(27,28)29,19-7-9-20(26)10-8-19)22(32)31-15-12-23(13-16-31)11-14-30-17-21(23)18-5-3-2-4-6-18/h2-10,21,30H,11-17H2,1H3/t21-,24?/m0/s1. The van der Waals surface area contributed by atoms with E-state index in [2.05, 4.69) is 17.4 Å². The van der Waals surface area contributed by atoms with Crippen LogP contribution in [-0.2, 0) is 15.1 Å². The number of likely N-dealkylation sites (tertiary alicyclic amines) is 1. The van der Waals surface area contributed by atoms with E-state index in [0.717, 1.165) is 50.9 Å². The molecule has 178 valence electrons. The maximum Gasteiger partial charge on any atom is 0.430 e. The predicted molar refractivity (Wildman–Crippen MR) is 116 cm³/mol. The topological polar surface area (TPSA) is 41.6 Å². The molecule has 2 aliphatic rings. The fraction of sp³-hybridized carbons (Fsp3) is 0.480. The van der Waals surface area contributed by atoms with E-state index in [1.54, 1.807) is 0 Å². The summed E-state index contributed by atoms with van der Waals surface area (Å²) >= 11 is 0. The lowest BCUT2D eigenvalue weighted by Crippen LogP contribution is -2.59. The second-order valence-electron chi connectivity index (χ2n) is 8.96. The fourth-order valence-corrected chi connectivity index (χ4v) is 5.52. The molecule has 2 heterocycles. The van der Waals surface area contributed by atoms with E-state index in [1.165, 1.54) is 10.5 Å². The summed E-state index contributed by atoms with van der Waals surface area (Å²) in [6.07, 6.45) is -2.88. The van der Waals surface area contributed by atoms with Gasteiger partial charge in [-0.25, -0.2) is 4.39 Å².